The van der Waals surface area contributed by atoms with E-state index in [9.17, 15) is 14.0 Å². The van der Waals surface area contributed by atoms with Gasteiger partial charge in [0.1, 0.15) is 11.9 Å². The average Bonchev–Trinajstić information content (AvgIpc) is 2.61. The Labute approximate surface area is 164 Å². The smallest absolute Gasteiger partial charge is 0.243 e. The second kappa shape index (κ2) is 11.4. The molecular formula is C18H27ClFN3O2S. The molecule has 146 valence electrons. The van der Waals surface area contributed by atoms with Crippen LogP contribution in [0, 0.1) is 5.82 Å². The number of hydrogen-bond acceptors (Lipinski definition) is 4. The summed E-state index contributed by atoms with van der Waals surface area (Å²) in [6.07, 6.45) is 3.20. The number of halogens is 2. The van der Waals surface area contributed by atoms with Crippen molar-refractivity contribution in [3.05, 3.63) is 35.6 Å². The molecule has 1 aliphatic rings. The summed E-state index contributed by atoms with van der Waals surface area (Å²) < 4.78 is 13.7. The molecule has 0 radical (unpaired) electrons. The maximum atomic E-state index is 13.7. The Kier molecular flexibility index (Phi) is 9.98. The van der Waals surface area contributed by atoms with E-state index in [1.54, 1.807) is 18.2 Å². The molecule has 3 atom stereocenters. The van der Waals surface area contributed by atoms with Gasteiger partial charge in [-0.3, -0.25) is 9.59 Å². The number of benzene rings is 1. The summed E-state index contributed by atoms with van der Waals surface area (Å²) in [5.41, 5.74) is 6.21. The Balaban J connectivity index is 0.00000338. The molecule has 5 nitrogen and oxygen atoms in total. The van der Waals surface area contributed by atoms with E-state index in [1.807, 2.05) is 0 Å². The highest BCUT2D eigenvalue weighted by Crippen LogP contribution is 2.23. The highest BCUT2D eigenvalue weighted by atomic mass is 35.5. The Hall–Kier alpha value is -1.31. The number of hydrogen-bond donors (Lipinski definition) is 3. The van der Waals surface area contributed by atoms with E-state index in [4.69, 9.17) is 5.73 Å². The molecule has 8 heteroatoms. The van der Waals surface area contributed by atoms with Crippen molar-refractivity contribution < 1.29 is 14.0 Å². The van der Waals surface area contributed by atoms with Gasteiger partial charge in [-0.2, -0.15) is 0 Å². The number of carbonyl (C=O) groups excluding carboxylic acids is 2. The normalized spacial score (nSPS) is 20.7. The lowest BCUT2D eigenvalue weighted by Gasteiger charge is -2.29. The summed E-state index contributed by atoms with van der Waals surface area (Å²) in [4.78, 5) is 24.6. The van der Waals surface area contributed by atoms with Crippen LogP contribution in [0.5, 0.6) is 0 Å². The minimum Gasteiger partial charge on any atom is -0.350 e. The van der Waals surface area contributed by atoms with Gasteiger partial charge >= 0.3 is 0 Å². The molecule has 1 heterocycles. The third-order valence-electron chi connectivity index (χ3n) is 4.29. The molecule has 0 bridgehead atoms. The number of amides is 2. The van der Waals surface area contributed by atoms with Gasteiger partial charge in [0.05, 0.1) is 5.25 Å². The van der Waals surface area contributed by atoms with Gasteiger partial charge in [0, 0.05) is 18.3 Å². The van der Waals surface area contributed by atoms with Gasteiger partial charge in [-0.05, 0) is 24.5 Å². The molecule has 2 rings (SSSR count). The van der Waals surface area contributed by atoms with Gasteiger partial charge < -0.3 is 16.4 Å². The molecule has 1 aromatic carbocycles. The molecular weight excluding hydrogens is 377 g/mol. The van der Waals surface area contributed by atoms with Gasteiger partial charge in [-0.1, -0.05) is 38.0 Å². The van der Waals surface area contributed by atoms with Gasteiger partial charge in [-0.15, -0.1) is 24.2 Å². The van der Waals surface area contributed by atoms with Crippen LogP contribution in [-0.2, 0) is 16.0 Å². The van der Waals surface area contributed by atoms with E-state index in [2.05, 4.69) is 17.6 Å². The average molecular weight is 404 g/mol. The largest absolute Gasteiger partial charge is 0.350 e. The molecule has 0 aromatic heterocycles. The van der Waals surface area contributed by atoms with Gasteiger partial charge in [0.2, 0.25) is 11.8 Å². The van der Waals surface area contributed by atoms with Crippen LogP contribution in [0.3, 0.4) is 0 Å². The monoisotopic (exact) mass is 403 g/mol. The van der Waals surface area contributed by atoms with Crippen LogP contribution in [0.2, 0.25) is 0 Å². The van der Waals surface area contributed by atoms with Crippen LogP contribution in [0.15, 0.2) is 24.3 Å². The third-order valence-corrected chi connectivity index (χ3v) is 5.60. The first-order valence-corrected chi connectivity index (χ1v) is 9.75. The number of carbonyl (C=O) groups is 2. The third kappa shape index (κ3) is 6.45. The Morgan fingerprint density at radius 3 is 2.81 bits per heavy atom. The second-order valence-corrected chi connectivity index (χ2v) is 7.50. The second-order valence-electron chi connectivity index (χ2n) is 6.26. The summed E-state index contributed by atoms with van der Waals surface area (Å²) in [5.74, 6) is -0.256. The van der Waals surface area contributed by atoms with E-state index in [1.165, 1.54) is 17.8 Å². The van der Waals surface area contributed by atoms with Gasteiger partial charge in [0.15, 0.2) is 0 Å². The molecule has 1 aromatic rings. The highest BCUT2D eigenvalue weighted by molar-refractivity contribution is 8.00. The standard InChI is InChI=1S/C18H26FN3O2S.ClH/c1-2-3-7-13(10-20)21-17(23)15-11-25-16(18(24)22-15)9-12-6-4-5-8-14(12)19;/h4-6,8,13,15-16H,2-3,7,9-11,20H2,1H3,(H,21,23)(H,22,24);1H. The maximum Gasteiger partial charge on any atom is 0.243 e. The molecule has 26 heavy (non-hydrogen) atoms. The predicted octanol–water partition coefficient (Wildman–Crippen LogP) is 2.02. The van der Waals surface area contributed by atoms with Crippen molar-refractivity contribution >= 4 is 36.0 Å². The van der Waals surface area contributed by atoms with Gasteiger partial charge in [-0.25, -0.2) is 4.39 Å². The summed E-state index contributed by atoms with van der Waals surface area (Å²) in [5, 5.41) is 5.29. The van der Waals surface area contributed by atoms with Gasteiger partial charge in [0.25, 0.3) is 0 Å². The first kappa shape index (κ1) is 22.7. The molecule has 0 saturated carbocycles. The van der Waals surface area contributed by atoms with Crippen molar-refractivity contribution in [2.45, 2.75) is 49.9 Å². The number of thioether (sulfide) groups is 1. The number of rotatable bonds is 8. The number of nitrogens with two attached hydrogens (primary N) is 1. The van der Waals surface area contributed by atoms with E-state index >= 15 is 0 Å². The summed E-state index contributed by atoms with van der Waals surface area (Å²) >= 11 is 1.39. The SMILES string of the molecule is CCCCC(CN)NC(=O)C1CSC(Cc2ccccc2F)C(=O)N1.Cl. The van der Waals surface area contributed by atoms with Crippen molar-refractivity contribution in [2.75, 3.05) is 12.3 Å². The zero-order chi connectivity index (χ0) is 18.2. The zero-order valence-electron chi connectivity index (χ0n) is 14.9. The van der Waals surface area contributed by atoms with Crippen LogP contribution in [0.25, 0.3) is 0 Å². The predicted molar refractivity (Wildman–Crippen MR) is 106 cm³/mol. The lowest BCUT2D eigenvalue weighted by Crippen LogP contribution is -2.56. The maximum absolute atomic E-state index is 13.7. The Bertz CT molecular complexity index is 606. The fourth-order valence-corrected chi connectivity index (χ4v) is 3.93. The molecule has 3 unspecified atom stereocenters. The Morgan fingerprint density at radius 2 is 2.19 bits per heavy atom. The fourth-order valence-electron chi connectivity index (χ4n) is 2.75. The van der Waals surface area contributed by atoms with Crippen molar-refractivity contribution in [1.82, 2.24) is 10.6 Å². The molecule has 1 saturated heterocycles. The summed E-state index contributed by atoms with van der Waals surface area (Å²) in [6.45, 7) is 2.47. The molecule has 2 amide bonds. The Morgan fingerprint density at radius 1 is 1.46 bits per heavy atom. The van der Waals surface area contributed by atoms with E-state index in [-0.39, 0.29) is 41.3 Å². The van der Waals surface area contributed by atoms with Crippen molar-refractivity contribution in [2.24, 2.45) is 5.73 Å². The quantitative estimate of drug-likeness (QED) is 0.620. The van der Waals surface area contributed by atoms with Crippen molar-refractivity contribution in [1.29, 1.82) is 0 Å². The minimum atomic E-state index is -0.565. The van der Waals surface area contributed by atoms with Crippen LogP contribution >= 0.6 is 24.2 Å². The van der Waals surface area contributed by atoms with E-state index < -0.39 is 6.04 Å². The molecule has 0 spiro atoms. The molecule has 1 aliphatic heterocycles. The van der Waals surface area contributed by atoms with Crippen molar-refractivity contribution in [3.63, 3.8) is 0 Å². The van der Waals surface area contributed by atoms with Crippen molar-refractivity contribution in [3.8, 4) is 0 Å². The first-order chi connectivity index (χ1) is 12.0. The van der Waals surface area contributed by atoms with Crippen LogP contribution < -0.4 is 16.4 Å². The van der Waals surface area contributed by atoms with Crippen LogP contribution in [0.4, 0.5) is 4.39 Å². The lowest BCUT2D eigenvalue weighted by molar-refractivity contribution is -0.129. The first-order valence-electron chi connectivity index (χ1n) is 8.71. The van der Waals surface area contributed by atoms with Crippen LogP contribution in [0.1, 0.15) is 31.7 Å². The topological polar surface area (TPSA) is 84.2 Å². The molecule has 1 fully saturated rings. The summed E-state index contributed by atoms with van der Waals surface area (Å²) in [7, 11) is 0. The van der Waals surface area contributed by atoms with E-state index in [0.717, 1.165) is 19.3 Å². The van der Waals surface area contributed by atoms with Crippen LogP contribution in [-0.4, -0.2) is 41.4 Å². The molecule has 0 aliphatic carbocycles. The lowest BCUT2D eigenvalue weighted by atomic mass is 10.1. The van der Waals surface area contributed by atoms with E-state index in [0.29, 0.717) is 24.3 Å². The molecule has 4 N–H and O–H groups in total. The minimum absolute atomic E-state index is 0. The number of unbranched alkanes of at least 4 members (excludes halogenated alkanes) is 1. The highest BCUT2D eigenvalue weighted by Gasteiger charge is 2.33. The summed E-state index contributed by atoms with van der Waals surface area (Å²) in [6, 6.07) is 5.82. The zero-order valence-corrected chi connectivity index (χ0v) is 16.5. The fraction of sp³-hybridized carbons (Fsp3) is 0.556. The number of nitrogens with one attached hydrogen (secondary N) is 2.